The van der Waals surface area contributed by atoms with Gasteiger partial charge in [0.05, 0.1) is 20.3 Å². The van der Waals surface area contributed by atoms with Gasteiger partial charge >= 0.3 is 0 Å². The number of rotatable bonds is 5. The molecule has 3 heterocycles. The normalized spacial score (nSPS) is 16.1. The number of amides is 1. The van der Waals surface area contributed by atoms with E-state index in [0.29, 0.717) is 12.3 Å². The smallest absolute Gasteiger partial charge is 0.247 e. The monoisotopic (exact) mass is 425 g/mol. The van der Waals surface area contributed by atoms with Gasteiger partial charge in [0.2, 0.25) is 5.91 Å². The lowest BCUT2D eigenvalue weighted by Crippen LogP contribution is -2.39. The summed E-state index contributed by atoms with van der Waals surface area (Å²) < 4.78 is 11.0. The molecule has 6 heteroatoms. The van der Waals surface area contributed by atoms with E-state index in [0.717, 1.165) is 27.5 Å². The zero-order valence-electron chi connectivity index (χ0n) is 16.7. The SMILES string of the molecule is COc1cc2c(cc1OC)C(c1cccs1)N(C(=O)/C=C/c1ccc(C)s1)CC2. The number of benzene rings is 1. The molecule has 0 bridgehead atoms. The van der Waals surface area contributed by atoms with Gasteiger partial charge in [0.25, 0.3) is 0 Å². The van der Waals surface area contributed by atoms with E-state index in [-0.39, 0.29) is 11.9 Å². The maximum absolute atomic E-state index is 13.2. The van der Waals surface area contributed by atoms with Crippen LogP contribution < -0.4 is 9.47 Å². The molecule has 29 heavy (non-hydrogen) atoms. The summed E-state index contributed by atoms with van der Waals surface area (Å²) in [7, 11) is 3.29. The zero-order valence-corrected chi connectivity index (χ0v) is 18.3. The number of carbonyl (C=O) groups is 1. The molecule has 1 atom stereocenters. The van der Waals surface area contributed by atoms with Crippen molar-refractivity contribution in [2.45, 2.75) is 19.4 Å². The third kappa shape index (κ3) is 3.95. The number of hydrogen-bond acceptors (Lipinski definition) is 5. The fourth-order valence-corrected chi connectivity index (χ4v) is 5.36. The van der Waals surface area contributed by atoms with Crippen molar-refractivity contribution in [1.29, 1.82) is 0 Å². The first-order chi connectivity index (χ1) is 14.1. The van der Waals surface area contributed by atoms with Crippen molar-refractivity contribution in [2.75, 3.05) is 20.8 Å². The minimum atomic E-state index is -0.124. The van der Waals surface area contributed by atoms with Crippen LogP contribution in [0.15, 0.2) is 47.9 Å². The summed E-state index contributed by atoms with van der Waals surface area (Å²) >= 11 is 3.35. The molecule has 4 nitrogen and oxygen atoms in total. The van der Waals surface area contributed by atoms with Crippen LogP contribution in [0.3, 0.4) is 0 Å². The molecular weight excluding hydrogens is 402 g/mol. The van der Waals surface area contributed by atoms with Crippen molar-refractivity contribution in [3.05, 3.63) is 73.6 Å². The molecule has 1 amide bonds. The molecule has 0 aliphatic carbocycles. The topological polar surface area (TPSA) is 38.8 Å². The van der Waals surface area contributed by atoms with Gasteiger partial charge in [0.15, 0.2) is 11.5 Å². The quantitative estimate of drug-likeness (QED) is 0.519. The highest BCUT2D eigenvalue weighted by Crippen LogP contribution is 2.42. The first-order valence-electron chi connectivity index (χ1n) is 9.44. The third-order valence-corrected chi connectivity index (χ3v) is 7.01. The summed E-state index contributed by atoms with van der Waals surface area (Å²) in [6, 6.07) is 12.2. The standard InChI is InChI=1S/C23H23NO3S2/c1-15-6-7-17(29-15)8-9-22(25)24-11-10-16-13-19(26-2)20(27-3)14-18(16)23(24)21-5-4-12-28-21/h4-9,12-14,23H,10-11H2,1-3H3/b9-8+. The van der Waals surface area contributed by atoms with Gasteiger partial charge in [-0.15, -0.1) is 22.7 Å². The number of methoxy groups -OCH3 is 2. The predicted octanol–water partition coefficient (Wildman–Crippen LogP) is 5.32. The molecule has 4 rings (SSSR count). The minimum Gasteiger partial charge on any atom is -0.493 e. The van der Waals surface area contributed by atoms with Crippen molar-refractivity contribution < 1.29 is 14.3 Å². The van der Waals surface area contributed by atoms with Crippen molar-refractivity contribution in [3.63, 3.8) is 0 Å². The number of nitrogens with zero attached hydrogens (tertiary/aromatic N) is 1. The van der Waals surface area contributed by atoms with E-state index < -0.39 is 0 Å². The van der Waals surface area contributed by atoms with Gasteiger partial charge in [-0.25, -0.2) is 0 Å². The summed E-state index contributed by atoms with van der Waals surface area (Å²) in [5, 5.41) is 2.05. The first-order valence-corrected chi connectivity index (χ1v) is 11.1. The number of hydrogen-bond donors (Lipinski definition) is 0. The number of carbonyl (C=O) groups excluding carboxylic acids is 1. The van der Waals surface area contributed by atoms with Gasteiger partial charge in [0, 0.05) is 27.3 Å². The van der Waals surface area contributed by atoms with Crippen molar-refractivity contribution in [3.8, 4) is 11.5 Å². The number of aryl methyl sites for hydroxylation is 1. The molecule has 1 aliphatic rings. The van der Waals surface area contributed by atoms with Crippen LogP contribution in [0.4, 0.5) is 0 Å². The first kappa shape index (κ1) is 19.7. The molecule has 150 valence electrons. The van der Waals surface area contributed by atoms with Crippen molar-refractivity contribution in [1.82, 2.24) is 4.90 Å². The van der Waals surface area contributed by atoms with Crippen molar-refractivity contribution in [2.24, 2.45) is 0 Å². The number of thiophene rings is 2. The Labute approximate surface area is 179 Å². The Kier molecular flexibility index (Phi) is 5.74. The molecule has 1 aromatic carbocycles. The van der Waals surface area contributed by atoms with Crippen LogP contribution in [0.25, 0.3) is 6.08 Å². The Morgan fingerprint density at radius 1 is 1.17 bits per heavy atom. The van der Waals surface area contributed by atoms with E-state index in [2.05, 4.69) is 24.4 Å². The molecule has 2 aromatic heterocycles. The summed E-state index contributed by atoms with van der Waals surface area (Å²) in [6.45, 7) is 2.73. The maximum atomic E-state index is 13.2. The highest BCUT2D eigenvalue weighted by Gasteiger charge is 2.33. The lowest BCUT2D eigenvalue weighted by atomic mass is 9.90. The van der Waals surface area contributed by atoms with E-state index in [9.17, 15) is 4.79 Å². The molecule has 1 unspecified atom stereocenters. The highest BCUT2D eigenvalue weighted by molar-refractivity contribution is 7.12. The van der Waals surface area contributed by atoms with E-state index >= 15 is 0 Å². The number of ether oxygens (including phenoxy) is 2. The molecule has 0 N–H and O–H groups in total. The predicted molar refractivity (Wildman–Crippen MR) is 119 cm³/mol. The molecule has 0 saturated carbocycles. The van der Waals surface area contributed by atoms with Gasteiger partial charge in [-0.1, -0.05) is 6.07 Å². The van der Waals surface area contributed by atoms with Crippen LogP contribution in [0.5, 0.6) is 11.5 Å². The van der Waals surface area contributed by atoms with Crippen LogP contribution in [-0.4, -0.2) is 31.6 Å². The van der Waals surface area contributed by atoms with Gasteiger partial charge in [0.1, 0.15) is 0 Å². The van der Waals surface area contributed by atoms with Crippen LogP contribution in [-0.2, 0) is 11.2 Å². The average molecular weight is 426 g/mol. The van der Waals surface area contributed by atoms with E-state index in [1.54, 1.807) is 43.0 Å². The van der Waals surface area contributed by atoms with Gasteiger partial charge in [-0.05, 0) is 66.3 Å². The second-order valence-electron chi connectivity index (χ2n) is 6.89. The number of fused-ring (bicyclic) bond motifs is 1. The van der Waals surface area contributed by atoms with Gasteiger partial charge in [-0.2, -0.15) is 0 Å². The average Bonchev–Trinajstić information content (AvgIpc) is 3.41. The van der Waals surface area contributed by atoms with E-state index in [4.69, 9.17) is 9.47 Å². The summed E-state index contributed by atoms with van der Waals surface area (Å²) in [4.78, 5) is 18.6. The molecule has 0 radical (unpaired) electrons. The summed E-state index contributed by atoms with van der Waals surface area (Å²) in [5.74, 6) is 1.44. The lowest BCUT2D eigenvalue weighted by molar-refractivity contribution is -0.127. The molecule has 1 aliphatic heterocycles. The van der Waals surface area contributed by atoms with Gasteiger partial charge in [-0.3, -0.25) is 4.79 Å². The Hall–Kier alpha value is -2.57. The largest absolute Gasteiger partial charge is 0.493 e. The second-order valence-corrected chi connectivity index (χ2v) is 9.19. The highest BCUT2D eigenvalue weighted by atomic mass is 32.1. The Morgan fingerprint density at radius 2 is 1.97 bits per heavy atom. The molecule has 0 spiro atoms. The Morgan fingerprint density at radius 3 is 2.62 bits per heavy atom. The van der Waals surface area contributed by atoms with Crippen LogP contribution >= 0.6 is 22.7 Å². The van der Waals surface area contributed by atoms with E-state index in [1.165, 1.54) is 10.4 Å². The summed E-state index contributed by atoms with van der Waals surface area (Å²) in [6.07, 6.45) is 4.39. The molecular formula is C23H23NO3S2. The Balaban J connectivity index is 1.72. The lowest BCUT2D eigenvalue weighted by Gasteiger charge is -2.37. The maximum Gasteiger partial charge on any atom is 0.247 e. The Bertz CT molecular complexity index is 1040. The van der Waals surface area contributed by atoms with Crippen LogP contribution in [0.2, 0.25) is 0 Å². The van der Waals surface area contributed by atoms with Crippen LogP contribution in [0.1, 0.15) is 31.8 Å². The molecule has 3 aromatic rings. The molecule has 0 saturated heterocycles. The van der Waals surface area contributed by atoms with E-state index in [1.807, 2.05) is 35.2 Å². The van der Waals surface area contributed by atoms with Gasteiger partial charge < -0.3 is 14.4 Å². The fourth-order valence-electron chi connectivity index (χ4n) is 3.73. The molecule has 0 fully saturated rings. The third-order valence-electron chi connectivity index (χ3n) is 5.12. The van der Waals surface area contributed by atoms with Crippen LogP contribution in [0, 0.1) is 6.92 Å². The summed E-state index contributed by atoms with van der Waals surface area (Å²) in [5.41, 5.74) is 2.30. The second kappa shape index (κ2) is 8.43. The minimum absolute atomic E-state index is 0.0230. The van der Waals surface area contributed by atoms with Crippen molar-refractivity contribution >= 4 is 34.7 Å². The fraction of sp³-hybridized carbons (Fsp3) is 0.261. The zero-order chi connectivity index (χ0) is 20.4.